The lowest BCUT2D eigenvalue weighted by Crippen LogP contribution is -1.97. The minimum absolute atomic E-state index is 0.168. The van der Waals surface area contributed by atoms with Crippen molar-refractivity contribution in [3.05, 3.63) is 46.4 Å². The molecule has 0 N–H and O–H groups in total. The van der Waals surface area contributed by atoms with Crippen molar-refractivity contribution < 1.29 is 9.53 Å². The summed E-state index contributed by atoms with van der Waals surface area (Å²) < 4.78 is 5.57. The predicted octanol–water partition coefficient (Wildman–Crippen LogP) is 2.85. The summed E-state index contributed by atoms with van der Waals surface area (Å²) in [5.41, 5.74) is 3.73. The number of ether oxygens (including phenoxy) is 1. The van der Waals surface area contributed by atoms with Crippen LogP contribution in [0.4, 0.5) is 0 Å². The molecule has 0 unspecified atom stereocenters. The maximum atomic E-state index is 10.9. The van der Waals surface area contributed by atoms with Gasteiger partial charge in [0, 0.05) is 11.8 Å². The number of hydrogen-bond donors (Lipinski definition) is 0. The number of aromatic nitrogens is 1. The smallest absolute Gasteiger partial charge is 0.134 e. The summed E-state index contributed by atoms with van der Waals surface area (Å²) in [6.07, 6.45) is 0.479. The van der Waals surface area contributed by atoms with E-state index < -0.39 is 0 Å². The summed E-state index contributed by atoms with van der Waals surface area (Å²) in [7, 11) is 0. The third-order valence-electron chi connectivity index (χ3n) is 2.25. The van der Waals surface area contributed by atoms with Crippen LogP contribution in [0.2, 0.25) is 0 Å². The lowest BCUT2D eigenvalue weighted by atomic mass is 10.1. The molecule has 0 bridgehead atoms. The number of nitrogens with zero attached hydrogens (tertiary/aromatic N) is 1. The second-order valence-electron chi connectivity index (χ2n) is 3.79. The third kappa shape index (κ3) is 3.67. The van der Waals surface area contributed by atoms with Gasteiger partial charge in [-0.2, -0.15) is 0 Å². The van der Waals surface area contributed by atoms with Crippen LogP contribution in [0.25, 0.3) is 0 Å². The van der Waals surface area contributed by atoms with Crippen molar-refractivity contribution in [2.75, 3.05) is 0 Å². The van der Waals surface area contributed by atoms with Crippen LogP contribution in [-0.2, 0) is 17.8 Å². The molecule has 88 valence electrons. The van der Waals surface area contributed by atoms with E-state index in [1.807, 2.05) is 29.6 Å². The van der Waals surface area contributed by atoms with Gasteiger partial charge in [-0.05, 0) is 24.6 Å². The second-order valence-corrected chi connectivity index (χ2v) is 4.51. The highest BCUT2D eigenvalue weighted by molar-refractivity contribution is 7.07. The van der Waals surface area contributed by atoms with Gasteiger partial charge in [0.05, 0.1) is 11.2 Å². The van der Waals surface area contributed by atoms with Crippen molar-refractivity contribution in [2.24, 2.45) is 0 Å². The number of hydrogen-bond acceptors (Lipinski definition) is 4. The van der Waals surface area contributed by atoms with Crippen LogP contribution >= 0.6 is 11.3 Å². The summed E-state index contributed by atoms with van der Waals surface area (Å²) in [4.78, 5) is 15.1. The van der Waals surface area contributed by atoms with Crippen LogP contribution < -0.4 is 4.74 Å². The van der Waals surface area contributed by atoms with E-state index in [9.17, 15) is 4.79 Å². The molecule has 0 aliphatic rings. The zero-order valence-corrected chi connectivity index (χ0v) is 10.4. The number of benzene rings is 1. The van der Waals surface area contributed by atoms with Gasteiger partial charge in [0.1, 0.15) is 18.1 Å². The van der Waals surface area contributed by atoms with Crippen LogP contribution in [0.1, 0.15) is 18.2 Å². The minimum atomic E-state index is 0.168. The van der Waals surface area contributed by atoms with Crippen molar-refractivity contribution in [2.45, 2.75) is 20.0 Å². The van der Waals surface area contributed by atoms with Gasteiger partial charge in [0.2, 0.25) is 0 Å². The van der Waals surface area contributed by atoms with Gasteiger partial charge in [-0.1, -0.05) is 12.1 Å². The Labute approximate surface area is 104 Å². The Morgan fingerprint density at radius 3 is 2.71 bits per heavy atom. The first kappa shape index (κ1) is 11.8. The fourth-order valence-corrected chi connectivity index (χ4v) is 2.00. The van der Waals surface area contributed by atoms with Crippen LogP contribution in [0.3, 0.4) is 0 Å². The van der Waals surface area contributed by atoms with Crippen molar-refractivity contribution in [1.29, 1.82) is 0 Å². The maximum absolute atomic E-state index is 10.9. The SMILES string of the molecule is CC(=O)Cc1ccc(OCc2cscn2)cc1. The Morgan fingerprint density at radius 1 is 1.35 bits per heavy atom. The Balaban J connectivity index is 1.91. The molecule has 0 saturated heterocycles. The van der Waals surface area contributed by atoms with Crippen molar-refractivity contribution >= 4 is 17.1 Å². The quantitative estimate of drug-likeness (QED) is 0.815. The topological polar surface area (TPSA) is 39.2 Å². The Hall–Kier alpha value is -1.68. The molecule has 3 nitrogen and oxygen atoms in total. The lowest BCUT2D eigenvalue weighted by Gasteiger charge is -2.05. The average Bonchev–Trinajstić information content (AvgIpc) is 2.80. The summed E-state index contributed by atoms with van der Waals surface area (Å²) in [5, 5.41) is 1.96. The normalized spacial score (nSPS) is 10.2. The Morgan fingerprint density at radius 2 is 2.12 bits per heavy atom. The standard InChI is InChI=1S/C13H13NO2S/c1-10(15)6-11-2-4-13(5-3-11)16-7-12-8-17-9-14-12/h2-5,8-9H,6-7H2,1H3. The highest BCUT2D eigenvalue weighted by Gasteiger charge is 2.00. The van der Waals surface area contributed by atoms with E-state index in [0.29, 0.717) is 13.0 Å². The monoisotopic (exact) mass is 247 g/mol. The summed E-state index contributed by atoms with van der Waals surface area (Å²) in [6.45, 7) is 2.07. The molecule has 0 fully saturated rings. The van der Waals surface area contributed by atoms with Gasteiger partial charge >= 0.3 is 0 Å². The molecule has 0 amide bonds. The fourth-order valence-electron chi connectivity index (χ4n) is 1.46. The number of rotatable bonds is 5. The molecule has 1 aromatic heterocycles. The number of carbonyl (C=O) groups excluding carboxylic acids is 1. The number of carbonyl (C=O) groups is 1. The molecular weight excluding hydrogens is 234 g/mol. The molecule has 4 heteroatoms. The molecule has 0 spiro atoms. The molecule has 0 aliphatic heterocycles. The van der Waals surface area contributed by atoms with Gasteiger partial charge < -0.3 is 4.74 Å². The zero-order valence-electron chi connectivity index (χ0n) is 9.55. The number of Topliss-reactive ketones (excluding diaryl/α,β-unsaturated/α-hetero) is 1. The van der Waals surface area contributed by atoms with E-state index >= 15 is 0 Å². The summed E-state index contributed by atoms with van der Waals surface area (Å²) in [5.74, 6) is 0.964. The molecule has 0 saturated carbocycles. The maximum Gasteiger partial charge on any atom is 0.134 e. The fraction of sp³-hybridized carbons (Fsp3) is 0.231. The lowest BCUT2D eigenvalue weighted by molar-refractivity contribution is -0.116. The van der Waals surface area contributed by atoms with E-state index in [0.717, 1.165) is 17.0 Å². The highest BCUT2D eigenvalue weighted by Crippen LogP contribution is 2.14. The van der Waals surface area contributed by atoms with E-state index in [1.54, 1.807) is 23.8 Å². The van der Waals surface area contributed by atoms with Crippen molar-refractivity contribution in [1.82, 2.24) is 4.98 Å². The van der Waals surface area contributed by atoms with E-state index in [-0.39, 0.29) is 5.78 Å². The van der Waals surface area contributed by atoms with Gasteiger partial charge in [-0.25, -0.2) is 4.98 Å². The van der Waals surface area contributed by atoms with E-state index in [4.69, 9.17) is 4.74 Å². The van der Waals surface area contributed by atoms with Crippen LogP contribution in [0.5, 0.6) is 5.75 Å². The first-order valence-corrected chi connectivity index (χ1v) is 6.26. The molecule has 0 radical (unpaired) electrons. The zero-order chi connectivity index (χ0) is 12.1. The summed E-state index contributed by atoms with van der Waals surface area (Å²) >= 11 is 1.56. The first-order chi connectivity index (χ1) is 8.24. The molecule has 0 aliphatic carbocycles. The molecule has 1 heterocycles. The van der Waals surface area contributed by atoms with Gasteiger partial charge in [0.15, 0.2) is 0 Å². The van der Waals surface area contributed by atoms with Crippen LogP contribution in [0, 0.1) is 0 Å². The minimum Gasteiger partial charge on any atom is -0.487 e. The van der Waals surface area contributed by atoms with Crippen molar-refractivity contribution in [3.8, 4) is 5.75 Å². The molecule has 1 aromatic carbocycles. The molecule has 0 atom stereocenters. The van der Waals surface area contributed by atoms with Crippen molar-refractivity contribution in [3.63, 3.8) is 0 Å². The Bertz CT molecular complexity index is 477. The molecular formula is C13H13NO2S. The van der Waals surface area contributed by atoms with Crippen LogP contribution in [0.15, 0.2) is 35.2 Å². The second kappa shape index (κ2) is 5.59. The van der Waals surface area contributed by atoms with Crippen LogP contribution in [-0.4, -0.2) is 10.8 Å². The third-order valence-corrected chi connectivity index (χ3v) is 2.88. The highest BCUT2D eigenvalue weighted by atomic mass is 32.1. The largest absolute Gasteiger partial charge is 0.487 e. The molecule has 17 heavy (non-hydrogen) atoms. The predicted molar refractivity (Wildman–Crippen MR) is 67.3 cm³/mol. The average molecular weight is 247 g/mol. The first-order valence-electron chi connectivity index (χ1n) is 5.32. The van der Waals surface area contributed by atoms with E-state index in [2.05, 4.69) is 4.98 Å². The summed E-state index contributed by atoms with van der Waals surface area (Å²) in [6, 6.07) is 7.59. The Kier molecular flexibility index (Phi) is 3.88. The van der Waals surface area contributed by atoms with E-state index in [1.165, 1.54) is 0 Å². The van der Waals surface area contributed by atoms with Gasteiger partial charge in [-0.3, -0.25) is 4.79 Å². The van der Waals surface area contributed by atoms with Gasteiger partial charge in [-0.15, -0.1) is 11.3 Å². The molecule has 2 rings (SSSR count). The van der Waals surface area contributed by atoms with Gasteiger partial charge in [0.25, 0.3) is 0 Å². The number of ketones is 1. The number of thiazole rings is 1. The molecule has 2 aromatic rings.